The van der Waals surface area contributed by atoms with Crippen molar-refractivity contribution >= 4 is 11.6 Å². The monoisotopic (exact) mass is 228 g/mol. The predicted octanol–water partition coefficient (Wildman–Crippen LogP) is 2.09. The van der Waals surface area contributed by atoms with Gasteiger partial charge in [-0.05, 0) is 43.6 Å². The number of nitrogens with two attached hydrogens (primary N) is 1. The zero-order valence-electron chi connectivity index (χ0n) is 8.34. The van der Waals surface area contributed by atoms with E-state index in [9.17, 15) is 4.39 Å². The molecule has 3 N–H and O–H groups in total. The molecule has 0 bridgehead atoms. The lowest BCUT2D eigenvalue weighted by Gasteiger charge is -2.19. The average Bonchev–Trinajstić information content (AvgIpc) is 2.74. The van der Waals surface area contributed by atoms with Crippen LogP contribution in [0.3, 0.4) is 0 Å². The van der Waals surface area contributed by atoms with Gasteiger partial charge in [0.25, 0.3) is 0 Å². The lowest BCUT2D eigenvalue weighted by atomic mass is 9.93. The van der Waals surface area contributed by atoms with E-state index in [4.69, 9.17) is 17.3 Å². The van der Waals surface area contributed by atoms with E-state index < -0.39 is 0 Å². The van der Waals surface area contributed by atoms with Crippen molar-refractivity contribution in [3.63, 3.8) is 0 Å². The van der Waals surface area contributed by atoms with Gasteiger partial charge >= 0.3 is 0 Å². The molecule has 1 aromatic carbocycles. The fraction of sp³-hybridized carbons (Fsp3) is 0.455. The van der Waals surface area contributed by atoms with Gasteiger partial charge in [-0.2, -0.15) is 0 Å². The Balaban J connectivity index is 2.23. The first kappa shape index (κ1) is 10.9. The molecule has 1 aliphatic heterocycles. The average molecular weight is 229 g/mol. The summed E-state index contributed by atoms with van der Waals surface area (Å²) in [5, 5.41) is 3.76. The first-order chi connectivity index (χ1) is 7.18. The lowest BCUT2D eigenvalue weighted by Crippen LogP contribution is -2.24. The van der Waals surface area contributed by atoms with Crippen molar-refractivity contribution in [2.45, 2.75) is 12.5 Å². The molecule has 1 heterocycles. The smallest absolute Gasteiger partial charge is 0.128 e. The van der Waals surface area contributed by atoms with E-state index in [-0.39, 0.29) is 11.9 Å². The first-order valence-electron chi connectivity index (χ1n) is 5.09. The third-order valence-corrected chi connectivity index (χ3v) is 3.16. The van der Waals surface area contributed by atoms with Crippen LogP contribution in [0, 0.1) is 11.7 Å². The Hall–Kier alpha value is -0.640. The van der Waals surface area contributed by atoms with Crippen molar-refractivity contribution in [2.24, 2.45) is 11.7 Å². The van der Waals surface area contributed by atoms with E-state index in [2.05, 4.69) is 5.32 Å². The number of rotatable bonds is 2. The molecule has 2 unspecified atom stereocenters. The molecule has 0 aliphatic carbocycles. The maximum absolute atomic E-state index is 13.5. The second-order valence-corrected chi connectivity index (χ2v) is 4.38. The zero-order chi connectivity index (χ0) is 10.8. The summed E-state index contributed by atoms with van der Waals surface area (Å²) in [5.74, 6) is 0.0387. The van der Waals surface area contributed by atoms with Gasteiger partial charge < -0.3 is 11.1 Å². The highest BCUT2D eigenvalue weighted by Crippen LogP contribution is 2.28. The summed E-state index contributed by atoms with van der Waals surface area (Å²) in [6, 6.07) is 4.28. The van der Waals surface area contributed by atoms with Crippen LogP contribution in [0.4, 0.5) is 4.39 Å². The summed E-state index contributed by atoms with van der Waals surface area (Å²) in [6.07, 6.45) is 0.993. The molecule has 2 nitrogen and oxygen atoms in total. The van der Waals surface area contributed by atoms with Crippen molar-refractivity contribution in [3.8, 4) is 0 Å². The van der Waals surface area contributed by atoms with E-state index in [1.807, 2.05) is 0 Å². The highest BCUT2D eigenvalue weighted by molar-refractivity contribution is 6.30. The highest BCUT2D eigenvalue weighted by Gasteiger charge is 2.25. The van der Waals surface area contributed by atoms with Crippen molar-refractivity contribution in [3.05, 3.63) is 34.6 Å². The summed E-state index contributed by atoms with van der Waals surface area (Å²) in [6.45, 7) is 1.81. The summed E-state index contributed by atoms with van der Waals surface area (Å²) < 4.78 is 13.5. The molecule has 4 heteroatoms. The van der Waals surface area contributed by atoms with Gasteiger partial charge in [0.2, 0.25) is 0 Å². The van der Waals surface area contributed by atoms with E-state index in [0.29, 0.717) is 16.5 Å². The van der Waals surface area contributed by atoms with Crippen LogP contribution in [0.2, 0.25) is 5.02 Å². The van der Waals surface area contributed by atoms with Crippen molar-refractivity contribution in [1.82, 2.24) is 5.32 Å². The molecule has 2 atom stereocenters. The number of benzene rings is 1. The van der Waals surface area contributed by atoms with Crippen LogP contribution in [-0.2, 0) is 0 Å². The number of hydrogen-bond acceptors (Lipinski definition) is 2. The molecule has 1 aromatic rings. The van der Waals surface area contributed by atoms with E-state index in [1.165, 1.54) is 6.07 Å². The molecule has 1 aliphatic rings. The molecule has 1 fully saturated rings. The van der Waals surface area contributed by atoms with Crippen molar-refractivity contribution in [1.29, 1.82) is 0 Å². The molecular formula is C11H14ClFN2. The molecule has 0 amide bonds. The Bertz CT molecular complexity index is 350. The SMILES string of the molecule is NC(c1cc(Cl)ccc1F)C1CCNC1. The minimum Gasteiger partial charge on any atom is -0.324 e. The Labute approximate surface area is 93.6 Å². The second kappa shape index (κ2) is 4.47. The molecule has 0 spiro atoms. The standard InChI is InChI=1S/C11H14ClFN2/c12-8-1-2-10(13)9(5-8)11(14)7-3-4-15-6-7/h1-2,5,7,11,15H,3-4,6,14H2. The van der Waals surface area contributed by atoms with Crippen LogP contribution in [0.5, 0.6) is 0 Å². The Morgan fingerprint density at radius 1 is 1.53 bits per heavy atom. The van der Waals surface area contributed by atoms with Gasteiger partial charge in [0.15, 0.2) is 0 Å². The third kappa shape index (κ3) is 2.30. The van der Waals surface area contributed by atoms with Gasteiger partial charge in [-0.1, -0.05) is 11.6 Å². The number of nitrogens with one attached hydrogen (secondary N) is 1. The second-order valence-electron chi connectivity index (χ2n) is 3.94. The predicted molar refractivity (Wildman–Crippen MR) is 59.3 cm³/mol. The summed E-state index contributed by atoms with van der Waals surface area (Å²) in [4.78, 5) is 0. The Morgan fingerprint density at radius 2 is 2.33 bits per heavy atom. The normalized spacial score (nSPS) is 23.0. The Morgan fingerprint density at radius 3 is 3.00 bits per heavy atom. The topological polar surface area (TPSA) is 38.0 Å². The molecule has 0 aromatic heterocycles. The molecule has 82 valence electrons. The van der Waals surface area contributed by atoms with Crippen LogP contribution in [-0.4, -0.2) is 13.1 Å². The highest BCUT2D eigenvalue weighted by atomic mass is 35.5. The molecular weight excluding hydrogens is 215 g/mol. The quantitative estimate of drug-likeness (QED) is 0.814. The fourth-order valence-electron chi connectivity index (χ4n) is 2.01. The van der Waals surface area contributed by atoms with Gasteiger partial charge in [0.1, 0.15) is 5.82 Å². The van der Waals surface area contributed by atoms with E-state index in [1.54, 1.807) is 12.1 Å². The number of hydrogen-bond donors (Lipinski definition) is 2. The maximum Gasteiger partial charge on any atom is 0.128 e. The van der Waals surface area contributed by atoms with Gasteiger partial charge in [0.05, 0.1) is 0 Å². The zero-order valence-corrected chi connectivity index (χ0v) is 9.10. The van der Waals surface area contributed by atoms with Crippen molar-refractivity contribution < 1.29 is 4.39 Å². The minimum absolute atomic E-state index is 0.265. The molecule has 15 heavy (non-hydrogen) atoms. The van der Waals surface area contributed by atoms with Crippen LogP contribution < -0.4 is 11.1 Å². The summed E-state index contributed by atoms with van der Waals surface area (Å²) >= 11 is 5.83. The fourth-order valence-corrected chi connectivity index (χ4v) is 2.19. The lowest BCUT2D eigenvalue weighted by molar-refractivity contribution is 0.450. The van der Waals surface area contributed by atoms with Crippen molar-refractivity contribution in [2.75, 3.05) is 13.1 Å². The summed E-state index contributed by atoms with van der Waals surface area (Å²) in [7, 11) is 0. The van der Waals surface area contributed by atoms with Crippen LogP contribution in [0.1, 0.15) is 18.0 Å². The van der Waals surface area contributed by atoms with Gasteiger partial charge in [-0.15, -0.1) is 0 Å². The van der Waals surface area contributed by atoms with Gasteiger partial charge in [-0.3, -0.25) is 0 Å². The van der Waals surface area contributed by atoms with Gasteiger partial charge in [-0.25, -0.2) is 4.39 Å². The molecule has 2 rings (SSSR count). The van der Waals surface area contributed by atoms with Crippen LogP contribution >= 0.6 is 11.6 Å². The number of halogens is 2. The molecule has 1 saturated heterocycles. The first-order valence-corrected chi connectivity index (χ1v) is 5.47. The minimum atomic E-state index is -0.265. The van der Waals surface area contributed by atoms with Gasteiger partial charge in [0, 0.05) is 16.6 Å². The largest absolute Gasteiger partial charge is 0.324 e. The third-order valence-electron chi connectivity index (χ3n) is 2.92. The van der Waals surface area contributed by atoms with Crippen LogP contribution in [0.25, 0.3) is 0 Å². The van der Waals surface area contributed by atoms with E-state index in [0.717, 1.165) is 19.5 Å². The van der Waals surface area contributed by atoms with E-state index >= 15 is 0 Å². The summed E-state index contributed by atoms with van der Waals surface area (Å²) in [5.41, 5.74) is 6.56. The molecule has 0 saturated carbocycles. The maximum atomic E-state index is 13.5. The molecule has 0 radical (unpaired) electrons. The Kier molecular flexibility index (Phi) is 3.24. The van der Waals surface area contributed by atoms with Crippen LogP contribution in [0.15, 0.2) is 18.2 Å².